The number of hydrogen-bond donors (Lipinski definition) is 3. The van der Waals surface area contributed by atoms with Gasteiger partial charge in [0.15, 0.2) is 0 Å². The van der Waals surface area contributed by atoms with Crippen LogP contribution in [0, 0.1) is 11.8 Å². The maximum Gasteiger partial charge on any atom is 0.272 e. The monoisotopic (exact) mass is 730 g/mol. The summed E-state index contributed by atoms with van der Waals surface area (Å²) >= 11 is 0. The summed E-state index contributed by atoms with van der Waals surface area (Å²) in [5.74, 6) is -4.91. The number of sulfonamides is 1. The summed E-state index contributed by atoms with van der Waals surface area (Å²) in [4.78, 5) is 64.8. The largest absolute Gasteiger partial charge is 0.497 e. The lowest BCUT2D eigenvalue weighted by molar-refractivity contribution is -0.141. The van der Waals surface area contributed by atoms with Crippen LogP contribution < -0.4 is 20.1 Å². The molecule has 3 aliphatic rings. The highest BCUT2D eigenvalue weighted by Gasteiger charge is 2.66. The van der Waals surface area contributed by atoms with Crippen molar-refractivity contribution >= 4 is 33.7 Å². The number of nitrogens with zero attached hydrogens (tertiary/aromatic N) is 7. The molecule has 51 heavy (non-hydrogen) atoms. The number of carbonyl (C=O) groups excluding carboxylic acids is 4. The molecule has 0 bridgehead atoms. The second-order valence-corrected chi connectivity index (χ2v) is 15.1. The maximum absolute atomic E-state index is 14.2. The number of halogens is 2. The summed E-state index contributed by atoms with van der Waals surface area (Å²) in [7, 11) is -2.60. The molecule has 1 aromatic carbocycles. The molecule has 3 fully saturated rings. The standard InChI is InChI=1S/C31H36F2N10O7S/c1-16(2)24(36-27(44)22-14-34-10-11-35-22)29(46)42-15-18(43-39-26(38-41-43)17-4-6-19(50-3)7-5-17)12-23(42)28(45)37-31(13-21(31)25(32)33)30(47)40-51(48,49)20-8-9-20/h4-7,10-11,14,16,18,20-21,23-25H,8-9,12-13,15H2,1-3H3,(H,36,44)(H,37,45)(H,40,47)/t18-,21+,23?,24+,31-/m1/s1. The molecular formula is C31H36F2N10O7S. The molecule has 0 radical (unpaired) electrons. The summed E-state index contributed by atoms with van der Waals surface area (Å²) in [5.41, 5.74) is -1.66. The molecule has 6 rings (SSSR count). The fraction of sp³-hybridized carbons (Fsp3) is 0.516. The second kappa shape index (κ2) is 13.9. The average Bonchev–Trinajstić information content (AvgIpc) is 4.00. The van der Waals surface area contributed by atoms with Crippen LogP contribution in [0.4, 0.5) is 8.78 Å². The summed E-state index contributed by atoms with van der Waals surface area (Å²) < 4.78 is 60.2. The Bertz CT molecular complexity index is 1910. The number of benzene rings is 1. The van der Waals surface area contributed by atoms with Crippen LogP contribution in [-0.2, 0) is 24.4 Å². The number of amides is 4. The summed E-state index contributed by atoms with van der Waals surface area (Å²) in [6.45, 7) is 3.20. The molecule has 2 aliphatic carbocycles. The Kier molecular flexibility index (Phi) is 9.71. The number of likely N-dealkylation sites (tertiary alicyclic amines) is 1. The van der Waals surface area contributed by atoms with Crippen LogP contribution in [0.2, 0.25) is 0 Å². The lowest BCUT2D eigenvalue weighted by atomic mass is 10.0. The topological polar surface area (TPSA) is 220 Å². The van der Waals surface area contributed by atoms with Crippen molar-refractivity contribution in [2.24, 2.45) is 11.8 Å². The van der Waals surface area contributed by atoms with E-state index in [4.69, 9.17) is 4.74 Å². The molecule has 5 atom stereocenters. The molecular weight excluding hydrogens is 694 g/mol. The van der Waals surface area contributed by atoms with Crippen LogP contribution in [0.5, 0.6) is 5.75 Å². The molecule has 3 aromatic rings. The van der Waals surface area contributed by atoms with Crippen molar-refractivity contribution in [1.82, 2.24) is 50.4 Å². The van der Waals surface area contributed by atoms with Crippen LogP contribution in [-0.4, -0.2) is 110 Å². The van der Waals surface area contributed by atoms with Crippen LogP contribution in [0.1, 0.15) is 56.1 Å². The molecule has 4 amide bonds. The highest BCUT2D eigenvalue weighted by Crippen LogP contribution is 2.48. The van der Waals surface area contributed by atoms with Gasteiger partial charge in [-0.1, -0.05) is 13.8 Å². The zero-order valence-corrected chi connectivity index (χ0v) is 28.6. The first-order chi connectivity index (χ1) is 24.2. The zero-order valence-electron chi connectivity index (χ0n) is 27.8. The van der Waals surface area contributed by atoms with Gasteiger partial charge in [0.2, 0.25) is 34.1 Å². The zero-order chi connectivity index (χ0) is 36.7. The number of alkyl halides is 2. The lowest BCUT2D eigenvalue weighted by Crippen LogP contribution is -2.59. The highest BCUT2D eigenvalue weighted by atomic mass is 32.2. The Morgan fingerprint density at radius 2 is 1.80 bits per heavy atom. The normalized spacial score (nSPS) is 23.5. The van der Waals surface area contributed by atoms with Gasteiger partial charge >= 0.3 is 0 Å². The summed E-state index contributed by atoms with van der Waals surface area (Å²) in [6, 6.07) is 3.56. The number of rotatable bonds is 13. The van der Waals surface area contributed by atoms with E-state index < -0.39 is 87.2 Å². The SMILES string of the molecule is COc1ccc(-c2nnn([C@@H]3CC(C(=O)N[C@]4(C(=O)NS(=O)(=O)C5CC5)C[C@H]4C(F)F)N(C(=O)[C@@H](NC(=O)c4cnccn4)C(C)C)C3)n2)cc1. The molecule has 3 N–H and O–H groups in total. The maximum atomic E-state index is 14.2. The molecule has 0 spiro atoms. The van der Waals surface area contributed by atoms with Gasteiger partial charge in [0.1, 0.15) is 29.1 Å². The third kappa shape index (κ3) is 7.35. The van der Waals surface area contributed by atoms with E-state index in [9.17, 15) is 36.4 Å². The fourth-order valence-electron chi connectivity index (χ4n) is 6.07. The van der Waals surface area contributed by atoms with Crippen molar-refractivity contribution < 1.29 is 41.1 Å². The third-order valence-corrected chi connectivity index (χ3v) is 11.1. The second-order valence-electron chi connectivity index (χ2n) is 13.1. The molecule has 1 aliphatic heterocycles. The Balaban J connectivity index is 1.28. The summed E-state index contributed by atoms with van der Waals surface area (Å²) in [6.07, 6.45) is 0.862. The number of ether oxygens (including phenoxy) is 1. The van der Waals surface area contributed by atoms with Crippen molar-refractivity contribution in [2.45, 2.75) is 74.9 Å². The Labute approximate surface area is 291 Å². The van der Waals surface area contributed by atoms with Gasteiger partial charge in [0, 0.05) is 30.9 Å². The van der Waals surface area contributed by atoms with Crippen LogP contribution in [0.15, 0.2) is 42.9 Å². The minimum atomic E-state index is -4.13. The van der Waals surface area contributed by atoms with E-state index in [1.807, 2.05) is 4.72 Å². The van der Waals surface area contributed by atoms with Gasteiger partial charge < -0.3 is 20.3 Å². The number of hydrogen-bond acceptors (Lipinski definition) is 12. The van der Waals surface area contributed by atoms with E-state index in [-0.39, 0.29) is 24.5 Å². The van der Waals surface area contributed by atoms with Crippen molar-refractivity contribution in [3.8, 4) is 17.1 Å². The summed E-state index contributed by atoms with van der Waals surface area (Å²) in [5, 5.41) is 16.9. The van der Waals surface area contributed by atoms with Gasteiger partial charge in [0.25, 0.3) is 11.8 Å². The number of aromatic nitrogens is 6. The van der Waals surface area contributed by atoms with E-state index in [2.05, 4.69) is 36.0 Å². The molecule has 2 saturated carbocycles. The Morgan fingerprint density at radius 1 is 1.08 bits per heavy atom. The quantitative estimate of drug-likeness (QED) is 0.219. The predicted molar refractivity (Wildman–Crippen MR) is 172 cm³/mol. The lowest BCUT2D eigenvalue weighted by Gasteiger charge is -2.31. The Hall–Kier alpha value is -5.14. The number of nitrogens with one attached hydrogen (secondary N) is 3. The molecule has 1 saturated heterocycles. The van der Waals surface area contributed by atoms with Gasteiger partial charge in [-0.15, -0.1) is 10.2 Å². The van der Waals surface area contributed by atoms with E-state index in [1.54, 1.807) is 38.1 Å². The van der Waals surface area contributed by atoms with E-state index in [0.717, 1.165) is 0 Å². The van der Waals surface area contributed by atoms with E-state index in [1.165, 1.54) is 35.4 Å². The Morgan fingerprint density at radius 3 is 2.39 bits per heavy atom. The molecule has 17 nitrogen and oxygen atoms in total. The van der Waals surface area contributed by atoms with E-state index in [0.29, 0.717) is 24.2 Å². The number of tetrazole rings is 1. The number of methoxy groups -OCH3 is 1. The molecule has 1 unspecified atom stereocenters. The third-order valence-electron chi connectivity index (χ3n) is 9.25. The molecule has 2 aromatic heterocycles. The van der Waals surface area contributed by atoms with Gasteiger partial charge in [-0.05, 0) is 54.7 Å². The minimum absolute atomic E-state index is 0.0525. The first-order valence-electron chi connectivity index (χ1n) is 16.2. The molecule has 20 heteroatoms. The van der Waals surface area contributed by atoms with Gasteiger partial charge in [-0.25, -0.2) is 22.2 Å². The first kappa shape index (κ1) is 35.7. The molecule has 3 heterocycles. The predicted octanol–water partition coefficient (Wildman–Crippen LogP) is 0.484. The fourth-order valence-corrected chi connectivity index (χ4v) is 7.44. The minimum Gasteiger partial charge on any atom is -0.497 e. The van der Waals surface area contributed by atoms with Gasteiger partial charge in [-0.3, -0.25) is 28.9 Å². The van der Waals surface area contributed by atoms with Crippen LogP contribution >= 0.6 is 0 Å². The van der Waals surface area contributed by atoms with E-state index >= 15 is 0 Å². The van der Waals surface area contributed by atoms with Crippen LogP contribution in [0.25, 0.3) is 11.4 Å². The highest BCUT2D eigenvalue weighted by molar-refractivity contribution is 7.91. The van der Waals surface area contributed by atoms with Crippen molar-refractivity contribution in [2.75, 3.05) is 13.7 Å². The smallest absolute Gasteiger partial charge is 0.272 e. The van der Waals surface area contributed by atoms with Crippen molar-refractivity contribution in [3.05, 3.63) is 48.5 Å². The van der Waals surface area contributed by atoms with Crippen molar-refractivity contribution in [1.29, 1.82) is 0 Å². The number of carbonyl (C=O) groups is 4. The van der Waals surface area contributed by atoms with Gasteiger partial charge in [0.05, 0.1) is 30.5 Å². The average molecular weight is 731 g/mol. The molecule has 272 valence electrons. The first-order valence-corrected chi connectivity index (χ1v) is 17.8. The van der Waals surface area contributed by atoms with Gasteiger partial charge in [-0.2, -0.15) is 4.80 Å². The van der Waals surface area contributed by atoms with Crippen molar-refractivity contribution in [3.63, 3.8) is 0 Å². The van der Waals surface area contributed by atoms with Crippen LogP contribution in [0.3, 0.4) is 0 Å².